The van der Waals surface area contributed by atoms with E-state index >= 15 is 0 Å². The largest absolute Gasteiger partial charge is 0.309 e. The molecule has 0 bridgehead atoms. The molecule has 0 aromatic carbocycles. The molecule has 1 unspecified atom stereocenters. The molecular formula is C11H10ClN3O. The summed E-state index contributed by atoms with van der Waals surface area (Å²) in [6, 6.07) is 3.78. The van der Waals surface area contributed by atoms with Crippen molar-refractivity contribution in [2.24, 2.45) is 4.99 Å². The Balaban J connectivity index is 0.000000963. The first-order chi connectivity index (χ1) is 7.33. The highest BCUT2D eigenvalue weighted by atomic mass is 35.5. The lowest BCUT2D eigenvalue weighted by atomic mass is 9.79. The molecule has 4 nitrogen and oxygen atoms in total. The maximum Gasteiger partial charge on any atom is 0.240 e. The lowest BCUT2D eigenvalue weighted by Crippen LogP contribution is -2.33. The fourth-order valence-electron chi connectivity index (χ4n) is 2.07. The molecule has 5 heteroatoms. The quantitative estimate of drug-likeness (QED) is 0.744. The summed E-state index contributed by atoms with van der Waals surface area (Å²) in [7, 11) is 0. The molecule has 1 amide bonds. The minimum atomic E-state index is -0.578. The first kappa shape index (κ1) is 10.8. The van der Waals surface area contributed by atoms with Crippen molar-refractivity contribution in [2.45, 2.75) is 11.8 Å². The van der Waals surface area contributed by atoms with Gasteiger partial charge in [0, 0.05) is 30.6 Å². The number of carbonyl (C=O) groups excluding carboxylic acids is 1. The summed E-state index contributed by atoms with van der Waals surface area (Å²) >= 11 is 0. The lowest BCUT2D eigenvalue weighted by molar-refractivity contribution is -0.119. The Labute approximate surface area is 98.9 Å². The summed E-state index contributed by atoms with van der Waals surface area (Å²) in [5.41, 5.74) is 0.364. The third kappa shape index (κ3) is 1.27. The number of rotatable bonds is 0. The molecule has 0 saturated heterocycles. The average Bonchev–Trinajstić information content (AvgIpc) is 2.55. The zero-order chi connectivity index (χ0) is 10.3. The van der Waals surface area contributed by atoms with Crippen LogP contribution >= 0.6 is 12.4 Å². The Morgan fingerprint density at radius 2 is 2.31 bits per heavy atom. The van der Waals surface area contributed by atoms with Crippen LogP contribution in [-0.4, -0.2) is 17.1 Å². The minimum Gasteiger partial charge on any atom is -0.309 e. The summed E-state index contributed by atoms with van der Waals surface area (Å²) in [6.45, 7) is 0. The standard InChI is InChI=1S/C11H9N3O.ClH/c15-10-11(3-6-12-7-4-11)8-2-1-5-13-9(8)14-10;/h1-3,5-7H,4H2,(H,13,14,15);1H. The van der Waals surface area contributed by atoms with E-state index in [1.165, 1.54) is 0 Å². The van der Waals surface area contributed by atoms with Crippen LogP contribution in [0.1, 0.15) is 12.0 Å². The monoisotopic (exact) mass is 235 g/mol. The Bertz CT molecular complexity index is 498. The molecule has 2 aliphatic heterocycles. The van der Waals surface area contributed by atoms with Crippen LogP contribution in [-0.2, 0) is 10.2 Å². The molecular weight excluding hydrogens is 226 g/mol. The molecule has 0 saturated carbocycles. The maximum atomic E-state index is 11.9. The van der Waals surface area contributed by atoms with Gasteiger partial charge >= 0.3 is 0 Å². The van der Waals surface area contributed by atoms with Crippen LogP contribution in [0, 0.1) is 0 Å². The Morgan fingerprint density at radius 1 is 1.44 bits per heavy atom. The predicted molar refractivity (Wildman–Crippen MR) is 64.0 cm³/mol. The smallest absolute Gasteiger partial charge is 0.240 e. The van der Waals surface area contributed by atoms with Crippen LogP contribution in [0.5, 0.6) is 0 Å². The summed E-state index contributed by atoms with van der Waals surface area (Å²) in [6.07, 6.45) is 7.56. The van der Waals surface area contributed by atoms with E-state index in [2.05, 4.69) is 15.3 Å². The van der Waals surface area contributed by atoms with E-state index in [1.807, 2.05) is 18.2 Å². The van der Waals surface area contributed by atoms with Crippen LogP contribution in [0.3, 0.4) is 0 Å². The van der Waals surface area contributed by atoms with Gasteiger partial charge in [-0.2, -0.15) is 0 Å². The van der Waals surface area contributed by atoms with Crippen molar-refractivity contribution in [1.82, 2.24) is 4.98 Å². The summed E-state index contributed by atoms with van der Waals surface area (Å²) < 4.78 is 0. The number of nitrogens with zero attached hydrogens (tertiary/aromatic N) is 2. The van der Waals surface area contributed by atoms with Gasteiger partial charge in [-0.15, -0.1) is 12.4 Å². The Hall–Kier alpha value is -1.68. The molecule has 2 aliphatic rings. The van der Waals surface area contributed by atoms with Crippen molar-refractivity contribution in [3.05, 3.63) is 36.2 Å². The summed E-state index contributed by atoms with van der Waals surface area (Å²) in [5, 5.41) is 2.79. The first-order valence-corrected chi connectivity index (χ1v) is 4.79. The van der Waals surface area contributed by atoms with E-state index in [1.54, 1.807) is 18.6 Å². The van der Waals surface area contributed by atoms with Gasteiger partial charge < -0.3 is 5.32 Å². The summed E-state index contributed by atoms with van der Waals surface area (Å²) in [4.78, 5) is 20.1. The molecule has 0 aliphatic carbocycles. The van der Waals surface area contributed by atoms with Gasteiger partial charge in [-0.3, -0.25) is 9.79 Å². The fourth-order valence-corrected chi connectivity index (χ4v) is 2.07. The number of fused-ring (bicyclic) bond motifs is 2. The molecule has 0 fully saturated rings. The molecule has 16 heavy (non-hydrogen) atoms. The Morgan fingerprint density at radius 3 is 3.06 bits per heavy atom. The number of aromatic nitrogens is 1. The van der Waals surface area contributed by atoms with E-state index in [9.17, 15) is 4.79 Å². The van der Waals surface area contributed by atoms with Crippen LogP contribution in [0.15, 0.2) is 35.6 Å². The topological polar surface area (TPSA) is 54.4 Å². The minimum absolute atomic E-state index is 0. The van der Waals surface area contributed by atoms with E-state index in [0.29, 0.717) is 12.2 Å². The molecule has 1 aromatic rings. The molecule has 0 radical (unpaired) electrons. The predicted octanol–water partition coefficient (Wildman–Crippen LogP) is 1.68. The number of pyridine rings is 1. The van der Waals surface area contributed by atoms with E-state index in [-0.39, 0.29) is 18.3 Å². The highest BCUT2D eigenvalue weighted by Crippen LogP contribution is 2.40. The number of aliphatic imine (C=N–C) groups is 1. The van der Waals surface area contributed by atoms with Gasteiger partial charge in [-0.25, -0.2) is 4.98 Å². The molecule has 3 rings (SSSR count). The fraction of sp³-hybridized carbons (Fsp3) is 0.182. The highest BCUT2D eigenvalue weighted by molar-refractivity contribution is 6.08. The normalized spacial score (nSPS) is 25.1. The van der Waals surface area contributed by atoms with Crippen molar-refractivity contribution in [2.75, 3.05) is 5.32 Å². The number of carbonyl (C=O) groups is 1. The van der Waals surface area contributed by atoms with Gasteiger partial charge in [0.1, 0.15) is 11.2 Å². The number of hydrogen-bond donors (Lipinski definition) is 1. The molecule has 1 N–H and O–H groups in total. The third-order valence-corrected chi connectivity index (χ3v) is 2.89. The highest BCUT2D eigenvalue weighted by Gasteiger charge is 2.45. The second-order valence-corrected chi connectivity index (χ2v) is 3.68. The van der Waals surface area contributed by atoms with E-state index in [4.69, 9.17) is 0 Å². The number of amides is 1. The van der Waals surface area contributed by atoms with Gasteiger partial charge in [-0.1, -0.05) is 6.07 Å². The van der Waals surface area contributed by atoms with Crippen LogP contribution in [0.2, 0.25) is 0 Å². The average molecular weight is 236 g/mol. The van der Waals surface area contributed by atoms with Gasteiger partial charge in [0.2, 0.25) is 5.91 Å². The number of anilines is 1. The summed E-state index contributed by atoms with van der Waals surface area (Å²) in [5.74, 6) is 0.654. The van der Waals surface area contributed by atoms with Crippen molar-refractivity contribution >= 4 is 30.3 Å². The maximum absolute atomic E-state index is 11.9. The van der Waals surface area contributed by atoms with Crippen molar-refractivity contribution in [3.63, 3.8) is 0 Å². The van der Waals surface area contributed by atoms with E-state index in [0.717, 1.165) is 5.56 Å². The molecule has 1 spiro atoms. The van der Waals surface area contributed by atoms with Crippen molar-refractivity contribution < 1.29 is 4.79 Å². The van der Waals surface area contributed by atoms with Crippen LogP contribution in [0.4, 0.5) is 5.82 Å². The molecule has 3 heterocycles. The zero-order valence-corrected chi connectivity index (χ0v) is 9.20. The second kappa shape index (κ2) is 3.72. The van der Waals surface area contributed by atoms with Crippen LogP contribution < -0.4 is 5.32 Å². The lowest BCUT2D eigenvalue weighted by Gasteiger charge is -2.22. The van der Waals surface area contributed by atoms with Gasteiger partial charge in [0.15, 0.2) is 0 Å². The van der Waals surface area contributed by atoms with Gasteiger partial charge in [0.05, 0.1) is 0 Å². The molecule has 82 valence electrons. The van der Waals surface area contributed by atoms with Crippen LogP contribution in [0.25, 0.3) is 0 Å². The van der Waals surface area contributed by atoms with Gasteiger partial charge in [0.25, 0.3) is 0 Å². The van der Waals surface area contributed by atoms with Crippen molar-refractivity contribution in [3.8, 4) is 0 Å². The zero-order valence-electron chi connectivity index (χ0n) is 8.38. The van der Waals surface area contributed by atoms with E-state index < -0.39 is 5.41 Å². The van der Waals surface area contributed by atoms with Gasteiger partial charge in [-0.05, 0) is 12.1 Å². The first-order valence-electron chi connectivity index (χ1n) is 4.79. The number of hydrogen-bond acceptors (Lipinski definition) is 3. The molecule has 1 aromatic heterocycles. The second-order valence-electron chi connectivity index (χ2n) is 3.68. The number of halogens is 1. The molecule has 1 atom stereocenters. The number of nitrogens with one attached hydrogen (secondary N) is 1. The SMILES string of the molecule is Cl.O=C1Nc2ncccc2C12C=CN=CC2. The Kier molecular flexibility index (Phi) is 2.52. The van der Waals surface area contributed by atoms with Crippen molar-refractivity contribution in [1.29, 1.82) is 0 Å². The third-order valence-electron chi connectivity index (χ3n) is 2.89.